The lowest BCUT2D eigenvalue weighted by molar-refractivity contribution is -0.143. The van der Waals surface area contributed by atoms with Gasteiger partial charge in [0.2, 0.25) is 0 Å². The summed E-state index contributed by atoms with van der Waals surface area (Å²) in [5, 5.41) is 2.39. The van der Waals surface area contributed by atoms with Gasteiger partial charge in [-0.15, -0.1) is 0 Å². The first kappa shape index (κ1) is 17.7. The molecule has 0 heterocycles. The Kier molecular flexibility index (Phi) is 6.25. The van der Waals surface area contributed by atoms with Crippen LogP contribution in [0.25, 0.3) is 0 Å². The predicted octanol–water partition coefficient (Wildman–Crippen LogP) is 2.58. The summed E-state index contributed by atoms with van der Waals surface area (Å²) in [7, 11) is 1.21. The SMILES string of the molecule is COC(=O)C(CCC(C)(C)F)NC(=O)OC(C)(C)C. The lowest BCUT2D eigenvalue weighted by Crippen LogP contribution is -2.44. The average Bonchev–Trinajstić information content (AvgIpc) is 2.19. The summed E-state index contributed by atoms with van der Waals surface area (Å²) in [5.74, 6) is -0.616. The van der Waals surface area contributed by atoms with Crippen LogP contribution in [0.4, 0.5) is 9.18 Å². The second-order valence-electron chi connectivity index (χ2n) is 5.98. The summed E-state index contributed by atoms with van der Waals surface area (Å²) in [6, 6.07) is -0.908. The molecule has 0 fully saturated rings. The second-order valence-corrected chi connectivity index (χ2v) is 5.98. The number of alkyl carbamates (subject to hydrolysis) is 1. The van der Waals surface area contributed by atoms with E-state index >= 15 is 0 Å². The Morgan fingerprint density at radius 1 is 1.21 bits per heavy atom. The number of ether oxygens (including phenoxy) is 2. The highest BCUT2D eigenvalue weighted by Gasteiger charge is 2.27. The second kappa shape index (κ2) is 6.73. The molecule has 0 bridgehead atoms. The highest BCUT2D eigenvalue weighted by atomic mass is 19.1. The number of amides is 1. The number of carbonyl (C=O) groups excluding carboxylic acids is 2. The smallest absolute Gasteiger partial charge is 0.408 e. The maximum Gasteiger partial charge on any atom is 0.408 e. The minimum atomic E-state index is -1.41. The molecular formula is C13H24FNO4. The Labute approximate surface area is 113 Å². The van der Waals surface area contributed by atoms with E-state index in [0.29, 0.717) is 0 Å². The number of halogens is 1. The third kappa shape index (κ3) is 9.27. The monoisotopic (exact) mass is 277 g/mol. The Morgan fingerprint density at radius 3 is 2.11 bits per heavy atom. The molecule has 0 aliphatic carbocycles. The Bertz CT molecular complexity index is 318. The Hall–Kier alpha value is -1.33. The summed E-state index contributed by atoms with van der Waals surface area (Å²) in [4.78, 5) is 23.1. The van der Waals surface area contributed by atoms with Gasteiger partial charge in [0.25, 0.3) is 0 Å². The quantitative estimate of drug-likeness (QED) is 0.784. The van der Waals surface area contributed by atoms with E-state index < -0.39 is 29.4 Å². The van der Waals surface area contributed by atoms with Crippen molar-refractivity contribution >= 4 is 12.1 Å². The maximum absolute atomic E-state index is 13.4. The normalized spacial score (nSPS) is 13.6. The van der Waals surface area contributed by atoms with Crippen LogP contribution in [0, 0.1) is 0 Å². The molecule has 1 unspecified atom stereocenters. The van der Waals surface area contributed by atoms with E-state index in [1.807, 2.05) is 0 Å². The van der Waals surface area contributed by atoms with Crippen molar-refractivity contribution in [2.45, 2.75) is 64.8 Å². The number of hydrogen-bond acceptors (Lipinski definition) is 4. The van der Waals surface area contributed by atoms with Crippen LogP contribution >= 0.6 is 0 Å². The van der Waals surface area contributed by atoms with E-state index in [1.165, 1.54) is 21.0 Å². The Morgan fingerprint density at radius 2 is 1.74 bits per heavy atom. The van der Waals surface area contributed by atoms with Crippen LogP contribution in [-0.4, -0.2) is 36.5 Å². The van der Waals surface area contributed by atoms with Crippen LogP contribution in [0.15, 0.2) is 0 Å². The van der Waals surface area contributed by atoms with Gasteiger partial charge in [0.1, 0.15) is 17.3 Å². The summed E-state index contributed by atoms with van der Waals surface area (Å²) in [6.45, 7) is 7.96. The van der Waals surface area contributed by atoms with Crippen LogP contribution in [0.3, 0.4) is 0 Å². The number of rotatable bonds is 5. The maximum atomic E-state index is 13.4. The van der Waals surface area contributed by atoms with Gasteiger partial charge in [0.05, 0.1) is 7.11 Å². The van der Waals surface area contributed by atoms with Gasteiger partial charge < -0.3 is 14.8 Å². The molecule has 19 heavy (non-hydrogen) atoms. The van der Waals surface area contributed by atoms with Crippen molar-refractivity contribution in [2.24, 2.45) is 0 Å². The van der Waals surface area contributed by atoms with Gasteiger partial charge in [-0.1, -0.05) is 0 Å². The predicted molar refractivity (Wildman–Crippen MR) is 69.6 cm³/mol. The summed E-state index contributed by atoms with van der Waals surface area (Å²) < 4.78 is 23.0. The highest BCUT2D eigenvalue weighted by Crippen LogP contribution is 2.18. The average molecular weight is 277 g/mol. The number of alkyl halides is 1. The Balaban J connectivity index is 4.52. The molecule has 0 spiro atoms. The minimum Gasteiger partial charge on any atom is -0.467 e. The molecule has 6 heteroatoms. The molecule has 0 aliphatic rings. The van der Waals surface area contributed by atoms with Crippen molar-refractivity contribution in [1.29, 1.82) is 0 Å². The zero-order valence-electron chi connectivity index (χ0n) is 12.5. The molecule has 0 saturated heterocycles. The molecule has 0 aliphatic heterocycles. The fourth-order valence-corrected chi connectivity index (χ4v) is 1.33. The first-order valence-electron chi connectivity index (χ1n) is 6.21. The lowest BCUT2D eigenvalue weighted by Gasteiger charge is -2.23. The van der Waals surface area contributed by atoms with E-state index in [0.717, 1.165) is 0 Å². The molecular weight excluding hydrogens is 253 g/mol. The van der Waals surface area contributed by atoms with E-state index in [1.54, 1.807) is 20.8 Å². The molecule has 0 radical (unpaired) electrons. The van der Waals surface area contributed by atoms with Crippen molar-refractivity contribution in [3.63, 3.8) is 0 Å². The fourth-order valence-electron chi connectivity index (χ4n) is 1.33. The minimum absolute atomic E-state index is 0.128. The lowest BCUT2D eigenvalue weighted by atomic mass is 10.0. The van der Waals surface area contributed by atoms with E-state index in [4.69, 9.17) is 4.74 Å². The fraction of sp³-hybridized carbons (Fsp3) is 0.846. The van der Waals surface area contributed by atoms with Crippen LogP contribution in [-0.2, 0) is 14.3 Å². The molecule has 0 rings (SSSR count). The van der Waals surface area contributed by atoms with Gasteiger partial charge in [-0.3, -0.25) is 0 Å². The van der Waals surface area contributed by atoms with E-state index in [-0.39, 0.29) is 12.8 Å². The van der Waals surface area contributed by atoms with Crippen molar-refractivity contribution < 1.29 is 23.5 Å². The van der Waals surface area contributed by atoms with Gasteiger partial charge in [0.15, 0.2) is 0 Å². The number of methoxy groups -OCH3 is 1. The molecule has 1 N–H and O–H groups in total. The van der Waals surface area contributed by atoms with E-state index in [2.05, 4.69) is 10.1 Å². The number of hydrogen-bond donors (Lipinski definition) is 1. The molecule has 0 aromatic carbocycles. The van der Waals surface area contributed by atoms with Gasteiger partial charge in [-0.2, -0.15) is 0 Å². The zero-order valence-corrected chi connectivity index (χ0v) is 12.5. The van der Waals surface area contributed by atoms with Crippen molar-refractivity contribution in [3.8, 4) is 0 Å². The third-order valence-corrected chi connectivity index (χ3v) is 2.20. The van der Waals surface area contributed by atoms with Gasteiger partial charge in [-0.05, 0) is 47.5 Å². The molecule has 1 atom stereocenters. The number of carbonyl (C=O) groups is 2. The first-order valence-corrected chi connectivity index (χ1v) is 6.21. The molecule has 1 amide bonds. The van der Waals surface area contributed by atoms with Crippen molar-refractivity contribution in [1.82, 2.24) is 5.32 Å². The molecule has 0 aromatic rings. The molecule has 0 saturated carbocycles. The number of nitrogens with one attached hydrogen (secondary N) is 1. The molecule has 0 aromatic heterocycles. The van der Waals surface area contributed by atoms with Crippen LogP contribution in [0.1, 0.15) is 47.5 Å². The molecule has 5 nitrogen and oxygen atoms in total. The van der Waals surface area contributed by atoms with Crippen LogP contribution in [0.2, 0.25) is 0 Å². The topological polar surface area (TPSA) is 64.6 Å². The summed E-state index contributed by atoms with van der Waals surface area (Å²) in [5.41, 5.74) is -2.08. The van der Waals surface area contributed by atoms with Gasteiger partial charge in [-0.25, -0.2) is 14.0 Å². The molecule has 112 valence electrons. The van der Waals surface area contributed by atoms with Crippen molar-refractivity contribution in [2.75, 3.05) is 7.11 Å². The summed E-state index contributed by atoms with van der Waals surface area (Å²) >= 11 is 0. The van der Waals surface area contributed by atoms with Gasteiger partial charge in [0, 0.05) is 0 Å². The standard InChI is InChI=1S/C13H24FNO4/c1-12(2,3)19-11(17)15-9(10(16)18-6)7-8-13(4,5)14/h9H,7-8H2,1-6H3,(H,15,17). The van der Waals surface area contributed by atoms with E-state index in [9.17, 15) is 14.0 Å². The third-order valence-electron chi connectivity index (χ3n) is 2.20. The first-order chi connectivity index (χ1) is 8.44. The van der Waals surface area contributed by atoms with Gasteiger partial charge >= 0.3 is 12.1 Å². The highest BCUT2D eigenvalue weighted by molar-refractivity contribution is 5.81. The van der Waals surface area contributed by atoms with Crippen molar-refractivity contribution in [3.05, 3.63) is 0 Å². The largest absolute Gasteiger partial charge is 0.467 e. The number of esters is 1. The van der Waals surface area contributed by atoms with Crippen LogP contribution < -0.4 is 5.32 Å². The summed E-state index contributed by atoms with van der Waals surface area (Å²) in [6.07, 6.45) is -0.447. The van der Waals surface area contributed by atoms with Crippen LogP contribution in [0.5, 0.6) is 0 Å². The zero-order chi connectivity index (χ0) is 15.3.